The van der Waals surface area contributed by atoms with Crippen molar-refractivity contribution in [3.05, 3.63) is 11.9 Å². The Morgan fingerprint density at radius 3 is 2.79 bits per heavy atom. The van der Waals surface area contributed by atoms with Crippen molar-refractivity contribution >= 4 is 0 Å². The van der Waals surface area contributed by atoms with Crippen LogP contribution in [0.25, 0.3) is 0 Å². The second-order valence-electron chi connectivity index (χ2n) is 8.70. The normalized spacial score (nSPS) is 37.1. The predicted molar refractivity (Wildman–Crippen MR) is 92.5 cm³/mol. The maximum atomic E-state index is 10.6. The summed E-state index contributed by atoms with van der Waals surface area (Å²) in [7, 11) is 2.21. The van der Waals surface area contributed by atoms with E-state index in [0.29, 0.717) is 30.0 Å². The Balaban J connectivity index is 1.35. The van der Waals surface area contributed by atoms with E-state index in [2.05, 4.69) is 47.6 Å². The van der Waals surface area contributed by atoms with Crippen molar-refractivity contribution in [1.82, 2.24) is 25.2 Å². The standard InChI is InChI=1S/C18H31N5O/c1-12(2)17-18(11-22(17)3)7-15(16(24)8-18)19-9-13-10-23(21-20-13)14-5-4-6-14/h10,12,14-17,19,24H,4-9,11H2,1-3H3/t15-,16-,17?,18?/m1/s1. The first-order valence-electron chi connectivity index (χ1n) is 9.51. The first-order chi connectivity index (χ1) is 11.5. The van der Waals surface area contributed by atoms with Gasteiger partial charge in [0, 0.05) is 30.6 Å². The number of likely N-dealkylation sites (tertiary alicyclic amines) is 1. The first kappa shape index (κ1) is 16.5. The molecule has 0 bridgehead atoms. The minimum Gasteiger partial charge on any atom is -0.391 e. The summed E-state index contributed by atoms with van der Waals surface area (Å²) >= 11 is 0. The van der Waals surface area contributed by atoms with Gasteiger partial charge < -0.3 is 15.3 Å². The van der Waals surface area contributed by atoms with Gasteiger partial charge in [-0.2, -0.15) is 0 Å². The summed E-state index contributed by atoms with van der Waals surface area (Å²) in [6, 6.07) is 1.33. The Kier molecular flexibility index (Phi) is 4.17. The van der Waals surface area contributed by atoms with Gasteiger partial charge in [0.05, 0.1) is 24.0 Å². The number of aliphatic hydroxyl groups is 1. The second kappa shape index (κ2) is 6.07. The first-order valence-corrected chi connectivity index (χ1v) is 9.51. The van der Waals surface area contributed by atoms with Crippen LogP contribution in [-0.2, 0) is 6.54 Å². The predicted octanol–water partition coefficient (Wildman–Crippen LogP) is 1.57. The molecule has 1 aromatic rings. The number of hydrogen-bond donors (Lipinski definition) is 2. The Labute approximate surface area is 144 Å². The van der Waals surface area contributed by atoms with Gasteiger partial charge in [-0.1, -0.05) is 19.1 Å². The summed E-state index contributed by atoms with van der Waals surface area (Å²) in [6.45, 7) is 6.41. The third kappa shape index (κ3) is 2.68. The Hall–Kier alpha value is -0.980. The number of nitrogens with zero attached hydrogens (tertiary/aromatic N) is 4. The molecule has 0 aromatic carbocycles. The van der Waals surface area contributed by atoms with Crippen LogP contribution in [0.1, 0.15) is 57.7 Å². The molecule has 1 aromatic heterocycles. The van der Waals surface area contributed by atoms with Gasteiger partial charge in [0.2, 0.25) is 0 Å². The van der Waals surface area contributed by atoms with Gasteiger partial charge in [0.25, 0.3) is 0 Å². The average molecular weight is 333 g/mol. The lowest BCUT2D eigenvalue weighted by Gasteiger charge is -2.57. The highest BCUT2D eigenvalue weighted by molar-refractivity contribution is 5.12. The Bertz CT molecular complexity index is 579. The molecule has 24 heavy (non-hydrogen) atoms. The largest absolute Gasteiger partial charge is 0.391 e. The van der Waals surface area contributed by atoms with Gasteiger partial charge >= 0.3 is 0 Å². The lowest BCUT2D eigenvalue weighted by atomic mass is 9.66. The van der Waals surface area contributed by atoms with Crippen LogP contribution in [0.4, 0.5) is 0 Å². The highest BCUT2D eigenvalue weighted by Crippen LogP contribution is 2.52. The molecule has 2 aliphatic carbocycles. The molecule has 134 valence electrons. The van der Waals surface area contributed by atoms with E-state index in [-0.39, 0.29) is 12.1 Å². The number of nitrogens with one attached hydrogen (secondary N) is 1. The van der Waals surface area contributed by atoms with Crippen LogP contribution in [0.15, 0.2) is 6.20 Å². The monoisotopic (exact) mass is 333 g/mol. The molecule has 0 amide bonds. The SMILES string of the molecule is CC(C)C1N(C)CC12C[C@@H](O)[C@H](NCc1cn(C3CCC3)nn1)C2. The minimum absolute atomic E-state index is 0.175. The van der Waals surface area contributed by atoms with Gasteiger partial charge in [0.1, 0.15) is 0 Å². The summed E-state index contributed by atoms with van der Waals surface area (Å²) in [4.78, 5) is 2.45. The van der Waals surface area contributed by atoms with E-state index >= 15 is 0 Å². The summed E-state index contributed by atoms with van der Waals surface area (Å²) in [5.41, 5.74) is 1.28. The van der Waals surface area contributed by atoms with Gasteiger partial charge in [-0.05, 0) is 45.1 Å². The molecule has 1 spiro atoms. The third-order valence-corrected chi connectivity index (χ3v) is 6.56. The van der Waals surface area contributed by atoms with Crippen LogP contribution in [0, 0.1) is 11.3 Å². The lowest BCUT2D eigenvalue weighted by molar-refractivity contribution is -0.0828. The van der Waals surface area contributed by atoms with Crippen molar-refractivity contribution in [3.8, 4) is 0 Å². The Morgan fingerprint density at radius 1 is 1.38 bits per heavy atom. The van der Waals surface area contributed by atoms with Crippen LogP contribution in [-0.4, -0.2) is 56.8 Å². The fourth-order valence-electron chi connectivity index (χ4n) is 5.51. The zero-order chi connectivity index (χ0) is 16.9. The fourth-order valence-corrected chi connectivity index (χ4v) is 5.51. The molecule has 6 nitrogen and oxygen atoms in total. The maximum absolute atomic E-state index is 10.6. The van der Waals surface area contributed by atoms with Crippen LogP contribution in [0.2, 0.25) is 0 Å². The summed E-state index contributed by atoms with van der Waals surface area (Å²) < 4.78 is 2.02. The van der Waals surface area contributed by atoms with Crippen molar-refractivity contribution < 1.29 is 5.11 Å². The van der Waals surface area contributed by atoms with Crippen molar-refractivity contribution in [2.45, 2.75) is 76.7 Å². The zero-order valence-corrected chi connectivity index (χ0v) is 15.1. The molecule has 1 saturated heterocycles. The molecular weight excluding hydrogens is 302 g/mol. The van der Waals surface area contributed by atoms with Crippen molar-refractivity contribution in [2.75, 3.05) is 13.6 Å². The van der Waals surface area contributed by atoms with E-state index in [9.17, 15) is 5.11 Å². The number of rotatable bonds is 5. The molecule has 0 radical (unpaired) electrons. The van der Waals surface area contributed by atoms with E-state index in [1.54, 1.807) is 0 Å². The van der Waals surface area contributed by atoms with E-state index in [1.807, 2.05) is 4.68 Å². The molecule has 4 rings (SSSR count). The van der Waals surface area contributed by atoms with Crippen LogP contribution in [0.5, 0.6) is 0 Å². The molecule has 2 N–H and O–H groups in total. The molecule has 6 heteroatoms. The molecule has 3 aliphatic rings. The van der Waals surface area contributed by atoms with E-state index in [1.165, 1.54) is 19.3 Å². The summed E-state index contributed by atoms with van der Waals surface area (Å²) in [5, 5.41) is 22.7. The molecule has 3 fully saturated rings. The summed E-state index contributed by atoms with van der Waals surface area (Å²) in [5.74, 6) is 0.636. The van der Waals surface area contributed by atoms with Crippen molar-refractivity contribution in [2.24, 2.45) is 11.3 Å². The average Bonchev–Trinajstić information content (AvgIpc) is 3.00. The van der Waals surface area contributed by atoms with Gasteiger partial charge in [-0.25, -0.2) is 4.68 Å². The van der Waals surface area contributed by atoms with Crippen molar-refractivity contribution in [1.29, 1.82) is 0 Å². The van der Waals surface area contributed by atoms with Gasteiger partial charge in [0.15, 0.2) is 0 Å². The van der Waals surface area contributed by atoms with E-state index in [0.717, 1.165) is 25.1 Å². The smallest absolute Gasteiger partial charge is 0.0965 e. The van der Waals surface area contributed by atoms with Crippen LogP contribution >= 0.6 is 0 Å². The Morgan fingerprint density at radius 2 is 2.17 bits per heavy atom. The number of aliphatic hydroxyl groups excluding tert-OH is 1. The van der Waals surface area contributed by atoms with Crippen LogP contribution in [0.3, 0.4) is 0 Å². The minimum atomic E-state index is -0.248. The maximum Gasteiger partial charge on any atom is 0.0965 e. The molecule has 2 heterocycles. The fraction of sp³-hybridized carbons (Fsp3) is 0.889. The number of hydrogen-bond acceptors (Lipinski definition) is 5. The highest BCUT2D eigenvalue weighted by Gasteiger charge is 2.57. The quantitative estimate of drug-likeness (QED) is 0.856. The lowest BCUT2D eigenvalue weighted by Crippen LogP contribution is -2.64. The second-order valence-corrected chi connectivity index (χ2v) is 8.70. The molecule has 2 saturated carbocycles. The highest BCUT2D eigenvalue weighted by atomic mass is 16.3. The summed E-state index contributed by atoms with van der Waals surface area (Å²) in [6.07, 6.45) is 7.57. The van der Waals surface area contributed by atoms with E-state index < -0.39 is 0 Å². The molecule has 4 atom stereocenters. The van der Waals surface area contributed by atoms with Gasteiger partial charge in [-0.3, -0.25) is 0 Å². The van der Waals surface area contributed by atoms with Crippen molar-refractivity contribution in [3.63, 3.8) is 0 Å². The number of aromatic nitrogens is 3. The molecule has 1 aliphatic heterocycles. The third-order valence-electron chi connectivity index (χ3n) is 6.56. The van der Waals surface area contributed by atoms with Crippen LogP contribution < -0.4 is 5.32 Å². The molecular formula is C18H31N5O. The van der Waals surface area contributed by atoms with Gasteiger partial charge in [-0.15, -0.1) is 5.10 Å². The zero-order valence-electron chi connectivity index (χ0n) is 15.1. The topological polar surface area (TPSA) is 66.2 Å². The van der Waals surface area contributed by atoms with E-state index in [4.69, 9.17) is 0 Å². The molecule has 2 unspecified atom stereocenters.